The highest BCUT2D eigenvalue weighted by Gasteiger charge is 2.36. The summed E-state index contributed by atoms with van der Waals surface area (Å²) < 4.78 is 5.80. The van der Waals surface area contributed by atoms with Crippen molar-refractivity contribution in [3.63, 3.8) is 0 Å². The van der Waals surface area contributed by atoms with Gasteiger partial charge in [0, 0.05) is 25.2 Å². The van der Waals surface area contributed by atoms with E-state index >= 15 is 0 Å². The third-order valence-corrected chi connectivity index (χ3v) is 4.80. The topological polar surface area (TPSA) is 67.6 Å². The molecule has 1 saturated heterocycles. The van der Waals surface area contributed by atoms with E-state index in [1.54, 1.807) is 6.92 Å². The van der Waals surface area contributed by atoms with Gasteiger partial charge in [-0.05, 0) is 40.2 Å². The van der Waals surface area contributed by atoms with E-state index in [0.29, 0.717) is 6.54 Å². The molecule has 1 aliphatic heterocycles. The Hall–Kier alpha value is -0.850. The number of amides is 1. The molecule has 0 saturated carbocycles. The second kappa shape index (κ2) is 9.90. The van der Waals surface area contributed by atoms with E-state index in [1.807, 2.05) is 30.3 Å². The summed E-state index contributed by atoms with van der Waals surface area (Å²) >= 11 is 0. The maximum Gasteiger partial charge on any atom is 0.244 e. The van der Waals surface area contributed by atoms with Gasteiger partial charge in [-0.25, -0.2) is 0 Å². The lowest BCUT2D eigenvalue weighted by atomic mass is 9.91. The first kappa shape index (κ1) is 25.1. The summed E-state index contributed by atoms with van der Waals surface area (Å²) in [6.45, 7) is 12.5. The van der Waals surface area contributed by atoms with Crippen LogP contribution in [-0.4, -0.2) is 48.2 Å². The molecule has 1 aromatic rings. The molecule has 3 N–H and O–H groups in total. The van der Waals surface area contributed by atoms with Gasteiger partial charge in [0.1, 0.15) is 5.54 Å². The number of morpholine rings is 1. The Morgan fingerprint density at radius 2 is 1.65 bits per heavy atom. The van der Waals surface area contributed by atoms with Crippen molar-refractivity contribution >= 4 is 30.7 Å². The molecule has 2 rings (SSSR count). The largest absolute Gasteiger partial charge is 0.373 e. The quantitative estimate of drug-likeness (QED) is 0.789. The maximum atomic E-state index is 12.6. The minimum absolute atomic E-state index is 0. The van der Waals surface area contributed by atoms with Crippen LogP contribution in [0.2, 0.25) is 0 Å². The Labute approximate surface area is 169 Å². The second-order valence-corrected chi connectivity index (χ2v) is 7.73. The molecular formula is C19H33Cl2N3O2. The Kier molecular flexibility index (Phi) is 9.58. The van der Waals surface area contributed by atoms with Crippen LogP contribution in [0.15, 0.2) is 30.3 Å². The highest BCUT2D eigenvalue weighted by Crippen LogP contribution is 2.22. The van der Waals surface area contributed by atoms with Crippen molar-refractivity contribution < 1.29 is 9.53 Å². The standard InChI is InChI=1S/C19H31N3O2.2ClH/c1-14-11-22(12-15(2)24-14)18(3,4)13-21-17(23)19(5,20)16-9-7-6-8-10-16;;/h6-10,14-15H,11-13,20H2,1-5H3,(H,21,23);2*1H. The second-order valence-electron chi connectivity index (χ2n) is 7.73. The normalized spacial score (nSPS) is 23.2. The molecule has 0 bridgehead atoms. The average molecular weight is 406 g/mol. The fourth-order valence-electron chi connectivity index (χ4n) is 3.18. The molecule has 5 nitrogen and oxygen atoms in total. The van der Waals surface area contributed by atoms with Crippen molar-refractivity contribution in [3.8, 4) is 0 Å². The molecular weight excluding hydrogens is 373 g/mol. The van der Waals surface area contributed by atoms with Gasteiger partial charge in [-0.1, -0.05) is 30.3 Å². The highest BCUT2D eigenvalue weighted by atomic mass is 35.5. The maximum absolute atomic E-state index is 12.6. The SMILES string of the molecule is CC1CN(C(C)(C)CNC(=O)C(C)(N)c2ccccc2)CC(C)O1.Cl.Cl. The van der Waals surface area contributed by atoms with E-state index in [0.717, 1.165) is 18.7 Å². The molecule has 1 amide bonds. The fourth-order valence-corrected chi connectivity index (χ4v) is 3.18. The van der Waals surface area contributed by atoms with Crippen LogP contribution in [0.25, 0.3) is 0 Å². The van der Waals surface area contributed by atoms with Crippen molar-refractivity contribution in [1.82, 2.24) is 10.2 Å². The van der Waals surface area contributed by atoms with Crippen LogP contribution >= 0.6 is 24.8 Å². The smallest absolute Gasteiger partial charge is 0.244 e. The van der Waals surface area contributed by atoms with Gasteiger partial charge in [-0.3, -0.25) is 9.69 Å². The molecule has 0 aromatic heterocycles. The van der Waals surface area contributed by atoms with Crippen molar-refractivity contribution in [2.75, 3.05) is 19.6 Å². The third kappa shape index (κ3) is 6.10. The van der Waals surface area contributed by atoms with E-state index in [4.69, 9.17) is 10.5 Å². The molecule has 1 heterocycles. The first-order valence-electron chi connectivity index (χ1n) is 8.66. The Bertz CT molecular complexity index is 557. The van der Waals surface area contributed by atoms with E-state index in [-0.39, 0.29) is 48.5 Å². The molecule has 150 valence electrons. The Morgan fingerprint density at radius 3 is 2.15 bits per heavy atom. The molecule has 7 heteroatoms. The number of hydrogen-bond acceptors (Lipinski definition) is 4. The van der Waals surface area contributed by atoms with Gasteiger partial charge >= 0.3 is 0 Å². The van der Waals surface area contributed by atoms with Crippen LogP contribution in [-0.2, 0) is 15.1 Å². The van der Waals surface area contributed by atoms with Crippen molar-refractivity contribution in [1.29, 1.82) is 0 Å². The Balaban J connectivity index is 0.00000312. The van der Waals surface area contributed by atoms with Crippen molar-refractivity contribution in [3.05, 3.63) is 35.9 Å². The number of halogens is 2. The van der Waals surface area contributed by atoms with Gasteiger partial charge in [-0.2, -0.15) is 0 Å². The van der Waals surface area contributed by atoms with Gasteiger partial charge in [0.05, 0.1) is 12.2 Å². The van der Waals surface area contributed by atoms with Crippen LogP contribution in [0.4, 0.5) is 0 Å². The number of ether oxygens (including phenoxy) is 1. The minimum atomic E-state index is -1.04. The van der Waals surface area contributed by atoms with E-state index in [9.17, 15) is 4.79 Å². The zero-order valence-corrected chi connectivity index (χ0v) is 18.0. The summed E-state index contributed by atoms with van der Waals surface area (Å²) in [5.74, 6) is -0.156. The summed E-state index contributed by atoms with van der Waals surface area (Å²) in [6, 6.07) is 9.48. The summed E-state index contributed by atoms with van der Waals surface area (Å²) in [7, 11) is 0. The number of rotatable bonds is 5. The molecule has 3 unspecified atom stereocenters. The average Bonchev–Trinajstić information content (AvgIpc) is 2.52. The van der Waals surface area contributed by atoms with Crippen LogP contribution in [0.3, 0.4) is 0 Å². The highest BCUT2D eigenvalue weighted by molar-refractivity contribution is 5.87. The monoisotopic (exact) mass is 405 g/mol. The summed E-state index contributed by atoms with van der Waals surface area (Å²) in [4.78, 5) is 15.0. The zero-order valence-electron chi connectivity index (χ0n) is 16.3. The number of nitrogens with one attached hydrogen (secondary N) is 1. The number of nitrogens with two attached hydrogens (primary N) is 1. The van der Waals surface area contributed by atoms with Crippen LogP contribution in [0.5, 0.6) is 0 Å². The van der Waals surface area contributed by atoms with E-state index in [1.165, 1.54) is 0 Å². The zero-order chi connectivity index (χ0) is 18.0. The summed E-state index contributed by atoms with van der Waals surface area (Å²) in [5.41, 5.74) is 5.90. The van der Waals surface area contributed by atoms with Crippen LogP contribution < -0.4 is 11.1 Å². The molecule has 26 heavy (non-hydrogen) atoms. The van der Waals surface area contributed by atoms with Crippen molar-refractivity contribution in [2.45, 2.75) is 57.9 Å². The van der Waals surface area contributed by atoms with E-state index < -0.39 is 5.54 Å². The van der Waals surface area contributed by atoms with Gasteiger partial charge in [0.15, 0.2) is 0 Å². The first-order chi connectivity index (χ1) is 11.1. The van der Waals surface area contributed by atoms with Crippen LogP contribution in [0, 0.1) is 0 Å². The number of carbonyl (C=O) groups is 1. The lowest BCUT2D eigenvalue weighted by Gasteiger charge is -2.45. The predicted octanol–water partition coefficient (Wildman–Crippen LogP) is 2.71. The number of carbonyl (C=O) groups excluding carboxylic acids is 1. The van der Waals surface area contributed by atoms with Gasteiger partial charge in [0.2, 0.25) is 5.91 Å². The van der Waals surface area contributed by atoms with Gasteiger partial charge < -0.3 is 15.8 Å². The fraction of sp³-hybridized carbons (Fsp3) is 0.632. The summed E-state index contributed by atoms with van der Waals surface area (Å²) in [6.07, 6.45) is 0.403. The van der Waals surface area contributed by atoms with Gasteiger partial charge in [0.25, 0.3) is 0 Å². The van der Waals surface area contributed by atoms with E-state index in [2.05, 4.69) is 37.9 Å². The van der Waals surface area contributed by atoms with Gasteiger partial charge in [-0.15, -0.1) is 24.8 Å². The molecule has 0 spiro atoms. The Morgan fingerprint density at radius 1 is 1.15 bits per heavy atom. The number of benzene rings is 1. The molecule has 0 aliphatic carbocycles. The van der Waals surface area contributed by atoms with Crippen LogP contribution in [0.1, 0.15) is 40.2 Å². The summed E-state index contributed by atoms with van der Waals surface area (Å²) in [5, 5.41) is 3.04. The third-order valence-electron chi connectivity index (χ3n) is 4.80. The number of nitrogens with zero attached hydrogens (tertiary/aromatic N) is 1. The molecule has 1 aromatic carbocycles. The lowest BCUT2D eigenvalue weighted by Crippen LogP contribution is -2.60. The molecule has 1 fully saturated rings. The predicted molar refractivity (Wildman–Crippen MR) is 111 cm³/mol. The number of hydrogen-bond donors (Lipinski definition) is 2. The minimum Gasteiger partial charge on any atom is -0.373 e. The molecule has 1 aliphatic rings. The molecule has 3 atom stereocenters. The van der Waals surface area contributed by atoms with Crippen molar-refractivity contribution in [2.24, 2.45) is 5.73 Å². The molecule has 0 radical (unpaired) electrons. The lowest BCUT2D eigenvalue weighted by molar-refractivity contribution is -0.127. The first-order valence-corrected chi connectivity index (χ1v) is 8.66.